The van der Waals surface area contributed by atoms with Gasteiger partial charge in [0.25, 0.3) is 5.91 Å². The van der Waals surface area contributed by atoms with Gasteiger partial charge in [-0.15, -0.1) is 11.8 Å². The first-order valence-electron chi connectivity index (χ1n) is 6.11. The Kier molecular flexibility index (Phi) is 5.03. The third-order valence-corrected chi connectivity index (χ3v) is 3.95. The lowest BCUT2D eigenvalue weighted by atomic mass is 10.1. The fraction of sp³-hybridized carbons (Fsp3) is 0.133. The molecule has 0 aliphatic rings. The number of methoxy groups -OCH3 is 1. The number of carbonyl (C=O) groups is 1. The summed E-state index contributed by atoms with van der Waals surface area (Å²) in [6, 6.07) is 15.2. The first kappa shape index (κ1) is 14.4. The van der Waals surface area contributed by atoms with Gasteiger partial charge in [0.1, 0.15) is 5.75 Å². The summed E-state index contributed by atoms with van der Waals surface area (Å²) in [5, 5.41) is 0. The molecule has 0 saturated carbocycles. The van der Waals surface area contributed by atoms with E-state index in [0.29, 0.717) is 11.3 Å². The number of nitrogen functional groups attached to an aromatic ring is 1. The second kappa shape index (κ2) is 6.98. The van der Waals surface area contributed by atoms with Crippen LogP contribution in [0.3, 0.4) is 0 Å². The molecule has 0 bridgehead atoms. The van der Waals surface area contributed by atoms with E-state index < -0.39 is 0 Å². The summed E-state index contributed by atoms with van der Waals surface area (Å²) in [6.07, 6.45) is 0. The van der Waals surface area contributed by atoms with Crippen molar-refractivity contribution in [2.24, 2.45) is 5.84 Å². The molecule has 0 aliphatic heterocycles. The Morgan fingerprint density at radius 1 is 1.20 bits per heavy atom. The molecule has 0 aromatic heterocycles. The Morgan fingerprint density at radius 3 is 2.65 bits per heavy atom. The lowest BCUT2D eigenvalue weighted by Crippen LogP contribution is -2.30. The molecule has 0 atom stereocenters. The normalized spacial score (nSPS) is 10.1. The molecular formula is C15H16N2O2S. The molecule has 3 N–H and O–H groups in total. The molecule has 0 fully saturated rings. The van der Waals surface area contributed by atoms with Crippen molar-refractivity contribution in [2.45, 2.75) is 10.6 Å². The lowest BCUT2D eigenvalue weighted by molar-refractivity contribution is 0.0953. The predicted molar refractivity (Wildman–Crippen MR) is 80.7 cm³/mol. The van der Waals surface area contributed by atoms with E-state index in [0.717, 1.165) is 16.2 Å². The van der Waals surface area contributed by atoms with Crippen LogP contribution in [0.25, 0.3) is 0 Å². The van der Waals surface area contributed by atoms with Crippen LogP contribution in [0.1, 0.15) is 15.9 Å². The first-order chi connectivity index (χ1) is 9.76. The van der Waals surface area contributed by atoms with Gasteiger partial charge in [0.15, 0.2) is 0 Å². The maximum absolute atomic E-state index is 11.7. The van der Waals surface area contributed by atoms with Gasteiger partial charge < -0.3 is 4.74 Å². The average Bonchev–Trinajstić information content (AvgIpc) is 2.52. The van der Waals surface area contributed by atoms with Crippen molar-refractivity contribution < 1.29 is 9.53 Å². The van der Waals surface area contributed by atoms with Crippen molar-refractivity contribution in [3.8, 4) is 5.75 Å². The fourth-order valence-electron chi connectivity index (χ4n) is 1.84. The highest BCUT2D eigenvalue weighted by Gasteiger charge is 2.10. The van der Waals surface area contributed by atoms with Gasteiger partial charge >= 0.3 is 0 Å². The van der Waals surface area contributed by atoms with Gasteiger partial charge in [0.05, 0.1) is 7.11 Å². The third kappa shape index (κ3) is 3.31. The van der Waals surface area contributed by atoms with E-state index in [4.69, 9.17) is 10.6 Å². The number of rotatable bonds is 5. The molecule has 20 heavy (non-hydrogen) atoms. The van der Waals surface area contributed by atoms with E-state index in [1.54, 1.807) is 24.9 Å². The van der Waals surface area contributed by atoms with Crippen LogP contribution in [0.2, 0.25) is 0 Å². The Morgan fingerprint density at radius 2 is 1.90 bits per heavy atom. The number of thioether (sulfide) groups is 1. The molecule has 0 spiro atoms. The Hall–Kier alpha value is -1.98. The van der Waals surface area contributed by atoms with Crippen molar-refractivity contribution in [1.82, 2.24) is 5.43 Å². The molecule has 2 aromatic carbocycles. The molecule has 4 nitrogen and oxygen atoms in total. The molecule has 0 heterocycles. The highest BCUT2D eigenvalue weighted by molar-refractivity contribution is 7.98. The molecule has 0 saturated heterocycles. The molecule has 1 amide bonds. The van der Waals surface area contributed by atoms with Crippen LogP contribution in [0.5, 0.6) is 5.75 Å². The fourth-order valence-corrected chi connectivity index (χ4v) is 2.87. The number of ether oxygens (including phenoxy) is 1. The van der Waals surface area contributed by atoms with E-state index in [1.165, 1.54) is 0 Å². The van der Waals surface area contributed by atoms with Crippen LogP contribution in [-0.4, -0.2) is 13.0 Å². The lowest BCUT2D eigenvalue weighted by Gasteiger charge is -2.10. The van der Waals surface area contributed by atoms with Gasteiger partial charge in [-0.3, -0.25) is 10.2 Å². The zero-order chi connectivity index (χ0) is 14.4. The third-order valence-electron chi connectivity index (χ3n) is 2.85. The molecule has 0 aliphatic carbocycles. The van der Waals surface area contributed by atoms with Crippen LogP contribution in [-0.2, 0) is 5.75 Å². The number of amides is 1. The molecular weight excluding hydrogens is 272 g/mol. The van der Waals surface area contributed by atoms with Crippen molar-refractivity contribution in [3.05, 3.63) is 59.7 Å². The van der Waals surface area contributed by atoms with Gasteiger partial charge in [-0.1, -0.05) is 30.3 Å². The van der Waals surface area contributed by atoms with E-state index in [-0.39, 0.29) is 5.91 Å². The van der Waals surface area contributed by atoms with E-state index in [9.17, 15) is 4.79 Å². The van der Waals surface area contributed by atoms with E-state index >= 15 is 0 Å². The molecule has 104 valence electrons. The summed E-state index contributed by atoms with van der Waals surface area (Å²) in [4.78, 5) is 12.7. The zero-order valence-corrected chi connectivity index (χ0v) is 11.9. The second-order valence-electron chi connectivity index (χ2n) is 4.07. The molecule has 2 aromatic rings. The van der Waals surface area contributed by atoms with Gasteiger partial charge in [-0.25, -0.2) is 5.84 Å². The van der Waals surface area contributed by atoms with Gasteiger partial charge in [-0.05, 0) is 23.8 Å². The molecule has 0 unspecified atom stereocenters. The highest BCUT2D eigenvalue weighted by Crippen LogP contribution is 2.31. The Bertz CT molecular complexity index is 602. The number of nitrogens with two attached hydrogens (primary N) is 1. The van der Waals surface area contributed by atoms with Gasteiger partial charge in [-0.2, -0.15) is 0 Å². The Labute approximate surface area is 122 Å². The van der Waals surface area contributed by atoms with Crippen molar-refractivity contribution in [3.63, 3.8) is 0 Å². The summed E-state index contributed by atoms with van der Waals surface area (Å²) < 4.78 is 5.31. The van der Waals surface area contributed by atoms with Crippen LogP contribution in [0, 0.1) is 0 Å². The zero-order valence-electron chi connectivity index (χ0n) is 11.1. The summed E-state index contributed by atoms with van der Waals surface area (Å²) in [6.45, 7) is 0. The van der Waals surface area contributed by atoms with Crippen molar-refractivity contribution in [2.75, 3.05) is 7.11 Å². The van der Waals surface area contributed by atoms with Gasteiger partial charge in [0, 0.05) is 16.2 Å². The SMILES string of the molecule is COc1ccccc1SCc1ccccc1C(=O)NN. The topological polar surface area (TPSA) is 64.3 Å². The molecule has 0 radical (unpaired) electrons. The Balaban J connectivity index is 2.17. The van der Waals surface area contributed by atoms with Crippen molar-refractivity contribution in [1.29, 1.82) is 0 Å². The van der Waals surface area contributed by atoms with E-state index in [2.05, 4.69) is 5.43 Å². The predicted octanol–water partition coefficient (Wildman–Crippen LogP) is 2.59. The smallest absolute Gasteiger partial charge is 0.265 e. The van der Waals surface area contributed by atoms with Crippen LogP contribution in [0.15, 0.2) is 53.4 Å². The number of hydrogen-bond acceptors (Lipinski definition) is 4. The molecule has 2 rings (SSSR count). The first-order valence-corrected chi connectivity index (χ1v) is 7.09. The number of hydrazine groups is 1. The summed E-state index contributed by atoms with van der Waals surface area (Å²) in [5.41, 5.74) is 3.70. The largest absolute Gasteiger partial charge is 0.496 e. The highest BCUT2D eigenvalue weighted by atomic mass is 32.2. The summed E-state index contributed by atoms with van der Waals surface area (Å²) >= 11 is 1.62. The minimum absolute atomic E-state index is 0.277. The minimum atomic E-state index is -0.277. The standard InChI is InChI=1S/C15H16N2O2S/c1-19-13-8-4-5-9-14(13)20-10-11-6-2-3-7-12(11)15(18)17-16/h2-9H,10,16H2,1H3,(H,17,18). The summed E-state index contributed by atoms with van der Waals surface area (Å²) in [5.74, 6) is 6.43. The average molecular weight is 288 g/mol. The quantitative estimate of drug-likeness (QED) is 0.384. The van der Waals surface area contributed by atoms with Gasteiger partial charge in [0.2, 0.25) is 0 Å². The number of nitrogens with one attached hydrogen (secondary N) is 1. The molecule has 5 heteroatoms. The maximum atomic E-state index is 11.7. The van der Waals surface area contributed by atoms with Crippen LogP contribution in [0.4, 0.5) is 0 Å². The number of carbonyl (C=O) groups excluding carboxylic acids is 1. The second-order valence-corrected chi connectivity index (χ2v) is 5.09. The van der Waals surface area contributed by atoms with Crippen LogP contribution >= 0.6 is 11.8 Å². The number of benzene rings is 2. The minimum Gasteiger partial charge on any atom is -0.496 e. The number of para-hydroxylation sites is 1. The van der Waals surface area contributed by atoms with Crippen molar-refractivity contribution >= 4 is 17.7 Å². The van der Waals surface area contributed by atoms with Crippen LogP contribution < -0.4 is 16.0 Å². The summed E-state index contributed by atoms with van der Waals surface area (Å²) in [7, 11) is 1.65. The van der Waals surface area contributed by atoms with E-state index in [1.807, 2.05) is 42.5 Å². The maximum Gasteiger partial charge on any atom is 0.265 e. The monoisotopic (exact) mass is 288 g/mol. The number of hydrogen-bond donors (Lipinski definition) is 2.